The molecule has 164 valence electrons. The number of carbonyl (C=O) groups is 1. The van der Waals surface area contributed by atoms with Gasteiger partial charge in [0, 0.05) is 44.2 Å². The van der Waals surface area contributed by atoms with Crippen LogP contribution in [0.15, 0.2) is 48.7 Å². The van der Waals surface area contributed by atoms with E-state index in [1.165, 1.54) is 0 Å². The number of imidazole rings is 1. The van der Waals surface area contributed by atoms with Gasteiger partial charge in [0.1, 0.15) is 23.7 Å². The Morgan fingerprint density at radius 1 is 1.26 bits per heavy atom. The van der Waals surface area contributed by atoms with Crippen molar-refractivity contribution in [3.05, 3.63) is 65.6 Å². The highest BCUT2D eigenvalue weighted by Gasteiger charge is 2.18. The normalized spacial score (nSPS) is 14.8. The van der Waals surface area contributed by atoms with Crippen LogP contribution in [-0.2, 0) is 11.3 Å². The summed E-state index contributed by atoms with van der Waals surface area (Å²) in [4.78, 5) is 19.3. The minimum atomic E-state index is -0.187. The highest BCUT2D eigenvalue weighted by Crippen LogP contribution is 2.15. The molecule has 7 heteroatoms. The summed E-state index contributed by atoms with van der Waals surface area (Å²) in [6, 6.07) is 14.2. The van der Waals surface area contributed by atoms with Crippen molar-refractivity contribution in [1.29, 1.82) is 0 Å². The largest absolute Gasteiger partial charge is 0.492 e. The minimum Gasteiger partial charge on any atom is -0.492 e. The number of hydrogen-bond acceptors (Lipinski definition) is 5. The number of hydrogen-bond donors (Lipinski definition) is 1. The fraction of sp³-hybridized carbons (Fsp3) is 0.417. The fourth-order valence-corrected chi connectivity index (χ4v) is 3.89. The number of benzene rings is 1. The Labute approximate surface area is 183 Å². The highest BCUT2D eigenvalue weighted by molar-refractivity contribution is 5.92. The number of rotatable bonds is 8. The van der Waals surface area contributed by atoms with Gasteiger partial charge in [0.25, 0.3) is 5.91 Å². The predicted octanol–water partition coefficient (Wildman–Crippen LogP) is 3.06. The molecule has 1 amide bonds. The zero-order valence-electron chi connectivity index (χ0n) is 18.2. The minimum absolute atomic E-state index is 0.187. The number of likely N-dealkylation sites (N-methyl/N-ethyl adjacent to an activating group) is 1. The maximum atomic E-state index is 12.5. The van der Waals surface area contributed by atoms with Crippen LogP contribution < -0.4 is 10.1 Å². The van der Waals surface area contributed by atoms with Crippen molar-refractivity contribution in [2.75, 3.05) is 33.4 Å². The lowest BCUT2D eigenvalue weighted by Crippen LogP contribution is -2.38. The van der Waals surface area contributed by atoms with E-state index in [2.05, 4.69) is 22.2 Å². The summed E-state index contributed by atoms with van der Waals surface area (Å²) in [6.07, 6.45) is 3.93. The van der Waals surface area contributed by atoms with E-state index in [4.69, 9.17) is 9.47 Å². The van der Waals surface area contributed by atoms with Gasteiger partial charge in [0.2, 0.25) is 0 Å². The maximum Gasteiger partial charge on any atom is 0.271 e. The van der Waals surface area contributed by atoms with Crippen LogP contribution in [0.25, 0.3) is 5.65 Å². The summed E-state index contributed by atoms with van der Waals surface area (Å²) < 4.78 is 13.3. The van der Waals surface area contributed by atoms with Gasteiger partial charge in [-0.25, -0.2) is 4.98 Å². The summed E-state index contributed by atoms with van der Waals surface area (Å²) in [6.45, 7) is 5.60. The Morgan fingerprint density at radius 2 is 2.06 bits per heavy atom. The molecule has 7 nitrogen and oxygen atoms in total. The van der Waals surface area contributed by atoms with E-state index in [-0.39, 0.29) is 5.91 Å². The van der Waals surface area contributed by atoms with Gasteiger partial charge < -0.3 is 19.2 Å². The molecule has 1 saturated heterocycles. The fourth-order valence-electron chi connectivity index (χ4n) is 3.89. The van der Waals surface area contributed by atoms with Crippen molar-refractivity contribution in [3.8, 4) is 5.75 Å². The van der Waals surface area contributed by atoms with Crippen LogP contribution in [0.1, 0.15) is 34.6 Å². The number of fused-ring (bicyclic) bond motifs is 1. The molecule has 3 heterocycles. The van der Waals surface area contributed by atoms with E-state index < -0.39 is 0 Å². The molecule has 0 aliphatic carbocycles. The molecule has 0 atom stereocenters. The monoisotopic (exact) mass is 422 g/mol. The van der Waals surface area contributed by atoms with Crippen LogP contribution >= 0.6 is 0 Å². The number of amides is 1. The SMILES string of the molecule is Cc1cccc2nc(C(=O)NCc3cccc(OCCN(C)C4CCOCC4)c3)cn12. The molecule has 3 aromatic rings. The van der Waals surface area contributed by atoms with Crippen molar-refractivity contribution in [2.45, 2.75) is 32.4 Å². The first kappa shape index (κ1) is 21.3. The highest BCUT2D eigenvalue weighted by atomic mass is 16.5. The molecule has 1 fully saturated rings. The average molecular weight is 423 g/mol. The lowest BCUT2D eigenvalue weighted by atomic mass is 10.1. The molecule has 0 bridgehead atoms. The van der Waals surface area contributed by atoms with Gasteiger partial charge in [-0.15, -0.1) is 0 Å². The standard InChI is InChI=1S/C24H30N4O3/c1-18-5-3-8-23-26-22(17-28(18)23)24(29)25-16-19-6-4-7-21(15-19)31-14-11-27(2)20-9-12-30-13-10-20/h3-8,15,17,20H,9-14,16H2,1-2H3,(H,25,29). The van der Waals surface area contributed by atoms with Gasteiger partial charge >= 0.3 is 0 Å². The third-order valence-corrected chi connectivity index (χ3v) is 5.81. The molecule has 0 radical (unpaired) electrons. The smallest absolute Gasteiger partial charge is 0.271 e. The maximum absolute atomic E-state index is 12.5. The first-order valence-electron chi connectivity index (χ1n) is 10.8. The second-order valence-electron chi connectivity index (χ2n) is 8.02. The molecule has 2 aromatic heterocycles. The second kappa shape index (κ2) is 9.94. The van der Waals surface area contributed by atoms with Crippen LogP contribution in [-0.4, -0.2) is 59.6 Å². The Morgan fingerprint density at radius 3 is 2.87 bits per heavy atom. The van der Waals surface area contributed by atoms with Crippen molar-refractivity contribution < 1.29 is 14.3 Å². The predicted molar refractivity (Wildman–Crippen MR) is 120 cm³/mol. The molecule has 1 aliphatic heterocycles. The topological polar surface area (TPSA) is 68.1 Å². The lowest BCUT2D eigenvalue weighted by Gasteiger charge is -2.31. The Hall–Kier alpha value is -2.90. The van der Waals surface area contributed by atoms with Crippen molar-refractivity contribution in [3.63, 3.8) is 0 Å². The molecule has 1 aromatic carbocycles. The van der Waals surface area contributed by atoms with E-state index >= 15 is 0 Å². The first-order chi connectivity index (χ1) is 15.1. The van der Waals surface area contributed by atoms with Gasteiger partial charge in [0.15, 0.2) is 0 Å². The number of carbonyl (C=O) groups excluding carboxylic acids is 1. The Kier molecular flexibility index (Phi) is 6.84. The van der Waals surface area contributed by atoms with E-state index in [0.29, 0.717) is 24.9 Å². The number of aromatic nitrogens is 2. The number of ether oxygens (including phenoxy) is 2. The van der Waals surface area contributed by atoms with Crippen LogP contribution in [0.2, 0.25) is 0 Å². The van der Waals surface area contributed by atoms with E-state index in [9.17, 15) is 4.79 Å². The number of pyridine rings is 1. The summed E-state index contributed by atoms with van der Waals surface area (Å²) in [7, 11) is 2.14. The van der Waals surface area contributed by atoms with E-state index in [0.717, 1.165) is 55.3 Å². The third kappa shape index (κ3) is 5.42. The molecule has 0 unspecified atom stereocenters. The van der Waals surface area contributed by atoms with Gasteiger partial charge in [-0.05, 0) is 56.6 Å². The zero-order valence-corrected chi connectivity index (χ0v) is 18.2. The summed E-state index contributed by atoms with van der Waals surface area (Å²) in [5, 5.41) is 2.95. The zero-order chi connectivity index (χ0) is 21.6. The molecule has 31 heavy (non-hydrogen) atoms. The number of nitrogens with zero attached hydrogens (tertiary/aromatic N) is 3. The Bertz CT molecular complexity index is 1030. The van der Waals surface area contributed by atoms with Crippen molar-refractivity contribution in [1.82, 2.24) is 19.6 Å². The molecule has 1 N–H and O–H groups in total. The lowest BCUT2D eigenvalue weighted by molar-refractivity contribution is 0.0392. The number of nitrogens with one attached hydrogen (secondary N) is 1. The summed E-state index contributed by atoms with van der Waals surface area (Å²) >= 11 is 0. The van der Waals surface area contributed by atoms with Crippen molar-refractivity contribution >= 4 is 11.6 Å². The van der Waals surface area contributed by atoms with Crippen LogP contribution in [0.4, 0.5) is 0 Å². The van der Waals surface area contributed by atoms with Crippen molar-refractivity contribution in [2.24, 2.45) is 0 Å². The third-order valence-electron chi connectivity index (χ3n) is 5.81. The van der Waals surface area contributed by atoms with Crippen LogP contribution in [0, 0.1) is 6.92 Å². The summed E-state index contributed by atoms with van der Waals surface area (Å²) in [5.74, 6) is 0.628. The van der Waals surface area contributed by atoms with Gasteiger partial charge in [-0.3, -0.25) is 9.69 Å². The quantitative estimate of drug-likeness (QED) is 0.604. The molecular formula is C24H30N4O3. The van der Waals surface area contributed by atoms with E-state index in [1.807, 2.05) is 53.8 Å². The van der Waals surface area contributed by atoms with E-state index in [1.54, 1.807) is 6.20 Å². The molecule has 0 spiro atoms. The second-order valence-corrected chi connectivity index (χ2v) is 8.02. The Balaban J connectivity index is 1.27. The molecule has 4 rings (SSSR count). The average Bonchev–Trinajstić information content (AvgIpc) is 3.24. The number of aryl methyl sites for hydroxylation is 1. The van der Waals surface area contributed by atoms with Gasteiger partial charge in [-0.2, -0.15) is 0 Å². The first-order valence-corrected chi connectivity index (χ1v) is 10.8. The molecule has 1 aliphatic rings. The van der Waals surface area contributed by atoms with Crippen LogP contribution in [0.5, 0.6) is 5.75 Å². The van der Waals surface area contributed by atoms with Gasteiger partial charge in [-0.1, -0.05) is 18.2 Å². The molecular weight excluding hydrogens is 392 g/mol. The van der Waals surface area contributed by atoms with Crippen LogP contribution in [0.3, 0.4) is 0 Å². The molecule has 0 saturated carbocycles. The summed E-state index contributed by atoms with van der Waals surface area (Å²) in [5.41, 5.74) is 3.21. The van der Waals surface area contributed by atoms with Gasteiger partial charge in [0.05, 0.1) is 0 Å².